The van der Waals surface area contributed by atoms with Crippen molar-refractivity contribution in [2.45, 2.75) is 0 Å². The van der Waals surface area contributed by atoms with Crippen LogP contribution >= 0.6 is 23.8 Å². The van der Waals surface area contributed by atoms with Gasteiger partial charge in [0.15, 0.2) is 4.77 Å². The summed E-state index contributed by atoms with van der Waals surface area (Å²) in [4.78, 5) is 27.5. The molecule has 0 saturated heterocycles. The molecule has 0 fully saturated rings. The molecule has 0 spiro atoms. The normalized spacial score (nSPS) is 10.7. The van der Waals surface area contributed by atoms with Gasteiger partial charge in [-0.25, -0.2) is 4.79 Å². The van der Waals surface area contributed by atoms with Gasteiger partial charge in [0.25, 0.3) is 5.56 Å². The zero-order valence-corrected chi connectivity index (χ0v) is 13.6. The topological polar surface area (TPSA) is 64.1 Å². The number of carbonyl (C=O) groups excluding carboxylic acids is 1. The molecule has 116 valence electrons. The number of ether oxygens (including phenoxy) is 1. The van der Waals surface area contributed by atoms with Crippen molar-refractivity contribution >= 4 is 40.7 Å². The Kier molecular flexibility index (Phi) is 4.02. The molecule has 0 bridgehead atoms. The zero-order chi connectivity index (χ0) is 16.6. The molecule has 0 aliphatic heterocycles. The van der Waals surface area contributed by atoms with Crippen molar-refractivity contribution in [2.24, 2.45) is 0 Å². The molecular formula is C16H11ClN2O3S. The van der Waals surface area contributed by atoms with Crippen molar-refractivity contribution in [1.82, 2.24) is 9.55 Å². The molecule has 0 radical (unpaired) electrons. The first kappa shape index (κ1) is 15.5. The molecule has 3 aromatic rings. The second kappa shape index (κ2) is 5.98. The number of rotatable bonds is 2. The molecule has 23 heavy (non-hydrogen) atoms. The van der Waals surface area contributed by atoms with Crippen LogP contribution in [0.1, 0.15) is 10.4 Å². The van der Waals surface area contributed by atoms with E-state index in [9.17, 15) is 9.59 Å². The Morgan fingerprint density at radius 1 is 1.26 bits per heavy atom. The van der Waals surface area contributed by atoms with E-state index in [1.807, 2.05) is 0 Å². The average Bonchev–Trinajstić information content (AvgIpc) is 2.55. The van der Waals surface area contributed by atoms with Gasteiger partial charge in [-0.05, 0) is 42.5 Å². The number of para-hydroxylation sites is 1. The van der Waals surface area contributed by atoms with Gasteiger partial charge in [-0.15, -0.1) is 0 Å². The van der Waals surface area contributed by atoms with Crippen LogP contribution < -0.4 is 5.56 Å². The SMILES string of the molecule is COC(=O)c1ccc2[nH]c(=S)n(-c3ccccc3Cl)c(=O)c2c1. The summed E-state index contributed by atoms with van der Waals surface area (Å²) >= 11 is 11.4. The van der Waals surface area contributed by atoms with E-state index in [2.05, 4.69) is 9.72 Å². The number of esters is 1. The maximum atomic E-state index is 12.8. The van der Waals surface area contributed by atoms with Gasteiger partial charge in [-0.1, -0.05) is 23.7 Å². The molecular weight excluding hydrogens is 336 g/mol. The molecule has 2 aromatic carbocycles. The van der Waals surface area contributed by atoms with Gasteiger partial charge < -0.3 is 9.72 Å². The fourth-order valence-electron chi connectivity index (χ4n) is 2.31. The van der Waals surface area contributed by atoms with Gasteiger partial charge in [0.05, 0.1) is 34.3 Å². The Morgan fingerprint density at radius 2 is 2.00 bits per heavy atom. The molecule has 0 aliphatic carbocycles. The van der Waals surface area contributed by atoms with Gasteiger partial charge >= 0.3 is 5.97 Å². The van der Waals surface area contributed by atoms with Crippen molar-refractivity contribution < 1.29 is 9.53 Å². The van der Waals surface area contributed by atoms with E-state index >= 15 is 0 Å². The van der Waals surface area contributed by atoms with E-state index in [4.69, 9.17) is 23.8 Å². The summed E-state index contributed by atoms with van der Waals surface area (Å²) in [5, 5.41) is 0.721. The molecule has 1 heterocycles. The monoisotopic (exact) mass is 346 g/mol. The van der Waals surface area contributed by atoms with Crippen molar-refractivity contribution in [3.63, 3.8) is 0 Å². The Morgan fingerprint density at radius 3 is 2.70 bits per heavy atom. The number of fused-ring (bicyclic) bond motifs is 1. The summed E-state index contributed by atoms with van der Waals surface area (Å²) in [7, 11) is 1.28. The smallest absolute Gasteiger partial charge is 0.337 e. The van der Waals surface area contributed by atoms with Crippen LogP contribution in [-0.4, -0.2) is 22.6 Å². The predicted molar refractivity (Wildman–Crippen MR) is 91.1 cm³/mol. The summed E-state index contributed by atoms with van der Waals surface area (Å²) in [5.41, 5.74) is 0.942. The fourth-order valence-corrected chi connectivity index (χ4v) is 2.82. The standard InChI is InChI=1S/C16H11ClN2O3S/c1-22-15(21)9-6-7-12-10(8-9)14(20)19(16(23)18-12)13-5-3-2-4-11(13)17/h2-8H,1H3,(H,18,23). The number of hydrogen-bond acceptors (Lipinski definition) is 4. The summed E-state index contributed by atoms with van der Waals surface area (Å²) < 4.78 is 6.21. The van der Waals surface area contributed by atoms with Crippen LogP contribution in [0.3, 0.4) is 0 Å². The lowest BCUT2D eigenvalue weighted by Crippen LogP contribution is -2.21. The quantitative estimate of drug-likeness (QED) is 0.570. The van der Waals surface area contributed by atoms with Crippen molar-refractivity contribution in [3.8, 4) is 5.69 Å². The first-order valence-corrected chi connectivity index (χ1v) is 7.44. The van der Waals surface area contributed by atoms with Crippen LogP contribution in [0.2, 0.25) is 5.02 Å². The van der Waals surface area contributed by atoms with Gasteiger partial charge in [0.2, 0.25) is 0 Å². The van der Waals surface area contributed by atoms with E-state index in [-0.39, 0.29) is 15.9 Å². The molecule has 5 nitrogen and oxygen atoms in total. The highest BCUT2D eigenvalue weighted by atomic mass is 35.5. The van der Waals surface area contributed by atoms with Crippen LogP contribution in [0.15, 0.2) is 47.3 Å². The first-order chi connectivity index (χ1) is 11.0. The van der Waals surface area contributed by atoms with Crippen LogP contribution in [-0.2, 0) is 4.74 Å². The number of hydrogen-bond donors (Lipinski definition) is 1. The van der Waals surface area contributed by atoms with Gasteiger partial charge in [0.1, 0.15) is 0 Å². The highest BCUT2D eigenvalue weighted by Crippen LogP contribution is 2.20. The minimum absolute atomic E-state index is 0.224. The second-order valence-electron chi connectivity index (χ2n) is 4.77. The van der Waals surface area contributed by atoms with Crippen molar-refractivity contribution in [2.75, 3.05) is 7.11 Å². The minimum Gasteiger partial charge on any atom is -0.465 e. The molecule has 0 unspecified atom stereocenters. The van der Waals surface area contributed by atoms with Crippen LogP contribution in [0.5, 0.6) is 0 Å². The number of nitrogens with one attached hydrogen (secondary N) is 1. The van der Waals surface area contributed by atoms with Gasteiger partial charge in [-0.2, -0.15) is 0 Å². The molecule has 0 atom stereocenters. The van der Waals surface area contributed by atoms with Gasteiger partial charge in [0, 0.05) is 0 Å². The van der Waals surface area contributed by atoms with E-state index in [1.165, 1.54) is 17.7 Å². The number of halogens is 1. The maximum absolute atomic E-state index is 12.8. The third kappa shape index (κ3) is 2.67. The lowest BCUT2D eigenvalue weighted by Gasteiger charge is -2.10. The number of carbonyl (C=O) groups is 1. The first-order valence-electron chi connectivity index (χ1n) is 6.65. The summed E-state index contributed by atoms with van der Waals surface area (Å²) in [6.45, 7) is 0. The molecule has 0 saturated carbocycles. The Balaban J connectivity index is 2.36. The molecule has 0 aliphatic rings. The van der Waals surface area contributed by atoms with E-state index in [1.54, 1.807) is 36.4 Å². The Bertz CT molecular complexity index is 1040. The Hall–Kier alpha value is -2.44. The third-order valence-corrected chi connectivity index (χ3v) is 4.02. The largest absolute Gasteiger partial charge is 0.465 e. The number of H-pyrrole nitrogens is 1. The Labute approximate surface area is 141 Å². The number of methoxy groups -OCH3 is 1. The number of nitrogens with zero attached hydrogens (tertiary/aromatic N) is 1. The highest BCUT2D eigenvalue weighted by molar-refractivity contribution is 7.71. The average molecular weight is 347 g/mol. The molecule has 3 rings (SSSR count). The van der Waals surface area contributed by atoms with E-state index in [0.717, 1.165) is 0 Å². The zero-order valence-electron chi connectivity index (χ0n) is 12.0. The lowest BCUT2D eigenvalue weighted by atomic mass is 10.1. The van der Waals surface area contributed by atoms with Crippen LogP contribution in [0.4, 0.5) is 0 Å². The summed E-state index contributed by atoms with van der Waals surface area (Å²) in [5.74, 6) is -0.516. The van der Waals surface area contributed by atoms with Crippen LogP contribution in [0, 0.1) is 4.77 Å². The van der Waals surface area contributed by atoms with Crippen LogP contribution in [0.25, 0.3) is 16.6 Å². The summed E-state index contributed by atoms with van der Waals surface area (Å²) in [6.07, 6.45) is 0. The second-order valence-corrected chi connectivity index (χ2v) is 5.57. The molecule has 7 heteroatoms. The van der Waals surface area contributed by atoms with E-state index < -0.39 is 5.97 Å². The van der Waals surface area contributed by atoms with Crippen molar-refractivity contribution in [1.29, 1.82) is 0 Å². The lowest BCUT2D eigenvalue weighted by molar-refractivity contribution is 0.0601. The highest BCUT2D eigenvalue weighted by Gasteiger charge is 2.13. The van der Waals surface area contributed by atoms with Gasteiger partial charge in [-0.3, -0.25) is 9.36 Å². The number of aromatic amines is 1. The van der Waals surface area contributed by atoms with Crippen molar-refractivity contribution in [3.05, 3.63) is 68.2 Å². The molecule has 0 amide bonds. The fraction of sp³-hybridized carbons (Fsp3) is 0.0625. The van der Waals surface area contributed by atoms with E-state index in [0.29, 0.717) is 21.6 Å². The maximum Gasteiger partial charge on any atom is 0.337 e. The third-order valence-electron chi connectivity index (χ3n) is 3.41. The number of benzene rings is 2. The number of aromatic nitrogens is 2. The summed E-state index contributed by atoms with van der Waals surface area (Å²) in [6, 6.07) is 11.6. The minimum atomic E-state index is -0.516. The molecule has 1 aromatic heterocycles. The predicted octanol–water partition coefficient (Wildman–Crippen LogP) is 3.49. The molecule has 1 N–H and O–H groups in total.